The summed E-state index contributed by atoms with van der Waals surface area (Å²) in [5.41, 5.74) is 1.42. The highest BCUT2D eigenvalue weighted by molar-refractivity contribution is 6.31. The van der Waals surface area contributed by atoms with Crippen LogP contribution in [0.2, 0.25) is 5.02 Å². The smallest absolute Gasteiger partial charge is 0.478 e. The van der Waals surface area contributed by atoms with Crippen molar-refractivity contribution in [3.8, 4) is 0 Å². The van der Waals surface area contributed by atoms with Crippen LogP contribution in [-0.4, -0.2) is 70.4 Å². The third kappa shape index (κ3) is 8.30. The molecule has 0 spiro atoms. The molecule has 1 fully saturated rings. The van der Waals surface area contributed by atoms with Gasteiger partial charge in [0.15, 0.2) is 0 Å². The second-order valence-corrected chi connectivity index (χ2v) is 8.62. The summed E-state index contributed by atoms with van der Waals surface area (Å²) >= 11 is 5.95. The summed E-state index contributed by atoms with van der Waals surface area (Å²) in [5, 5.41) is 20.0. The molecule has 4 rings (SSSR count). The lowest BCUT2D eigenvalue weighted by Gasteiger charge is -2.24. The first-order chi connectivity index (χ1) is 18.5. The summed E-state index contributed by atoms with van der Waals surface area (Å²) in [6, 6.07) is 13.3. The summed E-state index contributed by atoms with van der Waals surface area (Å²) in [5.74, 6) is -3.59. The maximum atomic E-state index is 12.6. The molecule has 0 aliphatic carbocycles. The van der Waals surface area contributed by atoms with Gasteiger partial charge in [-0.25, -0.2) is 19.6 Å². The van der Waals surface area contributed by atoms with Gasteiger partial charge in [-0.1, -0.05) is 17.7 Å². The van der Waals surface area contributed by atoms with Gasteiger partial charge in [-0.05, 0) is 48.9 Å². The van der Waals surface area contributed by atoms with Gasteiger partial charge in [0.1, 0.15) is 0 Å². The van der Waals surface area contributed by atoms with Crippen LogP contribution >= 0.6 is 11.6 Å². The molecule has 1 aliphatic rings. The molecule has 1 aromatic heterocycles. The Morgan fingerprint density at radius 2 is 1.54 bits per heavy atom. The summed E-state index contributed by atoms with van der Waals surface area (Å²) in [4.78, 5) is 46.3. The normalized spacial score (nSPS) is 13.5. The van der Waals surface area contributed by atoms with Crippen LogP contribution in [0.15, 0.2) is 60.9 Å². The molecule has 0 unspecified atom stereocenters. The van der Waals surface area contributed by atoms with Crippen LogP contribution in [0.4, 0.5) is 30.5 Å². The maximum absolute atomic E-state index is 12.6. The minimum Gasteiger partial charge on any atom is -0.478 e. The number of nitrogens with one attached hydrogen (secondary N) is 1. The molecule has 1 amide bonds. The topological polar surface area (TPSA) is 136 Å². The predicted octanol–water partition coefficient (Wildman–Crippen LogP) is 4.43. The molecular formula is C25H23ClF3N5O5. The number of benzene rings is 2. The number of aromatic carboxylic acids is 1. The van der Waals surface area contributed by atoms with E-state index in [1.165, 1.54) is 6.07 Å². The molecule has 2 aromatic carbocycles. The van der Waals surface area contributed by atoms with E-state index in [0.717, 1.165) is 31.7 Å². The third-order valence-corrected chi connectivity index (χ3v) is 5.74. The summed E-state index contributed by atoms with van der Waals surface area (Å²) in [6.07, 6.45) is -0.755. The Morgan fingerprint density at radius 1 is 0.897 bits per heavy atom. The van der Waals surface area contributed by atoms with Gasteiger partial charge in [-0.15, -0.1) is 0 Å². The number of nitrogens with zero attached hydrogens (tertiary/aromatic N) is 4. The lowest BCUT2D eigenvalue weighted by molar-refractivity contribution is -0.192. The second-order valence-electron chi connectivity index (χ2n) is 8.18. The van der Waals surface area contributed by atoms with Gasteiger partial charge in [-0.2, -0.15) is 13.2 Å². The molecule has 2 heterocycles. The zero-order valence-electron chi connectivity index (χ0n) is 20.2. The van der Waals surface area contributed by atoms with Crippen molar-refractivity contribution >= 4 is 46.8 Å². The quantitative estimate of drug-likeness (QED) is 0.410. The number of halogens is 4. The average Bonchev–Trinajstić information content (AvgIpc) is 3.15. The van der Waals surface area contributed by atoms with E-state index >= 15 is 0 Å². The number of amides is 1. The van der Waals surface area contributed by atoms with Gasteiger partial charge in [0.25, 0.3) is 5.91 Å². The molecule has 3 aromatic rings. The highest BCUT2D eigenvalue weighted by atomic mass is 35.5. The van der Waals surface area contributed by atoms with Crippen molar-refractivity contribution in [1.29, 1.82) is 0 Å². The van der Waals surface area contributed by atoms with Crippen LogP contribution in [0.5, 0.6) is 0 Å². The number of carbonyl (C=O) groups is 3. The number of aromatic nitrogens is 2. The Morgan fingerprint density at radius 3 is 2.15 bits per heavy atom. The van der Waals surface area contributed by atoms with E-state index in [1.54, 1.807) is 48.8 Å². The Labute approximate surface area is 225 Å². The zero-order chi connectivity index (χ0) is 28.6. The van der Waals surface area contributed by atoms with E-state index in [4.69, 9.17) is 21.5 Å². The molecule has 0 atom stereocenters. The molecule has 39 heavy (non-hydrogen) atoms. The number of alkyl halides is 3. The SMILES string of the molecule is O=C(Nc1ccc(N2CCCN(c3ncccn3)CC2)cc1C(=O)O)c1cccc(Cl)c1.O=C(O)C(F)(F)F. The summed E-state index contributed by atoms with van der Waals surface area (Å²) < 4.78 is 31.7. The van der Waals surface area contributed by atoms with E-state index in [0.29, 0.717) is 23.1 Å². The Bertz CT molecular complexity index is 1330. The van der Waals surface area contributed by atoms with Crippen LogP contribution in [0.3, 0.4) is 0 Å². The van der Waals surface area contributed by atoms with E-state index < -0.39 is 24.0 Å². The molecule has 1 aliphatic heterocycles. The standard InChI is InChI=1S/C23H22ClN5O3.C2HF3O2/c24-17-5-1-4-16(14-17)21(30)27-20-7-6-18(15-19(20)22(31)32)28-10-3-11-29(13-12-28)23-25-8-2-9-26-23;3-2(4,5)1(6)7/h1-2,4-9,14-15H,3,10-13H2,(H,27,30)(H,31,32);(H,6,7). The van der Waals surface area contributed by atoms with Gasteiger partial charge in [-0.3, -0.25) is 4.79 Å². The first kappa shape index (κ1) is 29.2. The van der Waals surface area contributed by atoms with Gasteiger partial charge < -0.3 is 25.3 Å². The number of hydrogen-bond acceptors (Lipinski definition) is 7. The lowest BCUT2D eigenvalue weighted by Crippen LogP contribution is -2.31. The van der Waals surface area contributed by atoms with Crippen molar-refractivity contribution in [3.63, 3.8) is 0 Å². The van der Waals surface area contributed by atoms with E-state index in [-0.39, 0.29) is 11.3 Å². The predicted molar refractivity (Wildman–Crippen MR) is 138 cm³/mol. The molecule has 10 nitrogen and oxygen atoms in total. The van der Waals surface area contributed by atoms with Crippen molar-refractivity contribution in [2.75, 3.05) is 41.3 Å². The van der Waals surface area contributed by atoms with Gasteiger partial charge in [0.2, 0.25) is 5.95 Å². The second kappa shape index (κ2) is 12.9. The highest BCUT2D eigenvalue weighted by Gasteiger charge is 2.38. The zero-order valence-corrected chi connectivity index (χ0v) is 21.0. The van der Waals surface area contributed by atoms with E-state index in [2.05, 4.69) is 25.1 Å². The minimum atomic E-state index is -5.08. The minimum absolute atomic E-state index is 0.0328. The Balaban J connectivity index is 0.000000532. The van der Waals surface area contributed by atoms with Crippen LogP contribution in [-0.2, 0) is 4.79 Å². The Hall–Kier alpha value is -4.39. The number of aliphatic carboxylic acids is 1. The van der Waals surface area contributed by atoms with Gasteiger partial charge >= 0.3 is 18.1 Å². The fraction of sp³-hybridized carbons (Fsp3) is 0.240. The molecule has 14 heteroatoms. The highest BCUT2D eigenvalue weighted by Crippen LogP contribution is 2.26. The molecule has 206 valence electrons. The number of carboxylic acid groups (broad SMARTS) is 2. The summed E-state index contributed by atoms with van der Waals surface area (Å²) in [6.45, 7) is 3.02. The maximum Gasteiger partial charge on any atom is 0.490 e. The third-order valence-electron chi connectivity index (χ3n) is 5.51. The first-order valence-corrected chi connectivity index (χ1v) is 11.8. The van der Waals surface area contributed by atoms with Gasteiger partial charge in [0.05, 0.1) is 11.3 Å². The molecule has 1 saturated heterocycles. The number of carboxylic acids is 2. The van der Waals surface area contributed by atoms with Crippen LogP contribution in [0.1, 0.15) is 27.1 Å². The van der Waals surface area contributed by atoms with Crippen molar-refractivity contribution in [2.24, 2.45) is 0 Å². The number of carbonyl (C=O) groups excluding carboxylic acids is 1. The van der Waals surface area contributed by atoms with E-state index in [9.17, 15) is 27.9 Å². The molecule has 0 saturated carbocycles. The largest absolute Gasteiger partial charge is 0.490 e. The molecular weight excluding hydrogens is 543 g/mol. The van der Waals surface area contributed by atoms with E-state index in [1.807, 2.05) is 6.07 Å². The first-order valence-electron chi connectivity index (χ1n) is 11.5. The molecule has 0 bridgehead atoms. The van der Waals surface area contributed by atoms with Crippen molar-refractivity contribution in [3.05, 3.63) is 77.1 Å². The average molecular weight is 566 g/mol. The molecule has 3 N–H and O–H groups in total. The number of anilines is 3. The van der Waals surface area contributed by atoms with Crippen molar-refractivity contribution < 1.29 is 37.8 Å². The van der Waals surface area contributed by atoms with Crippen molar-refractivity contribution in [2.45, 2.75) is 12.6 Å². The number of hydrogen-bond donors (Lipinski definition) is 3. The summed E-state index contributed by atoms with van der Waals surface area (Å²) in [7, 11) is 0. The van der Waals surface area contributed by atoms with Crippen LogP contribution in [0.25, 0.3) is 0 Å². The monoisotopic (exact) mass is 565 g/mol. The van der Waals surface area contributed by atoms with Crippen LogP contribution < -0.4 is 15.1 Å². The van der Waals surface area contributed by atoms with Crippen LogP contribution in [0, 0.1) is 0 Å². The molecule has 0 radical (unpaired) electrons. The van der Waals surface area contributed by atoms with Gasteiger partial charge in [0, 0.05) is 54.8 Å². The Kier molecular flexibility index (Phi) is 9.66. The van der Waals surface area contributed by atoms with Crippen molar-refractivity contribution in [1.82, 2.24) is 9.97 Å². The number of rotatable bonds is 5. The fourth-order valence-corrected chi connectivity index (χ4v) is 3.86. The lowest BCUT2D eigenvalue weighted by atomic mass is 10.1. The fourth-order valence-electron chi connectivity index (χ4n) is 3.67.